The molecule has 1 heterocycles. The quantitative estimate of drug-likeness (QED) is 0.722. The molecule has 0 aromatic carbocycles. The minimum atomic E-state index is 0.374. The lowest BCUT2D eigenvalue weighted by Crippen LogP contribution is -2.36. The number of rotatable bonds is 6. The van der Waals surface area contributed by atoms with Gasteiger partial charge in [0.25, 0.3) is 0 Å². The molecule has 0 aromatic heterocycles. The fourth-order valence-electron chi connectivity index (χ4n) is 2.27. The maximum Gasteiger partial charge on any atom is 0.0467 e. The molecule has 0 radical (unpaired) electrons. The average Bonchev–Trinajstić information content (AvgIpc) is 2.62. The molecule has 1 N–H and O–H groups in total. The summed E-state index contributed by atoms with van der Waals surface area (Å²) in [5.74, 6) is 0. The Hall–Kier alpha value is -0.120. The van der Waals surface area contributed by atoms with Gasteiger partial charge in [0, 0.05) is 32.8 Å². The van der Waals surface area contributed by atoms with Gasteiger partial charge in [0.15, 0.2) is 0 Å². The van der Waals surface area contributed by atoms with E-state index in [2.05, 4.69) is 31.1 Å². The molecule has 1 saturated heterocycles. The van der Waals surface area contributed by atoms with Gasteiger partial charge in [-0.25, -0.2) is 0 Å². The van der Waals surface area contributed by atoms with Crippen LogP contribution in [0.3, 0.4) is 0 Å². The van der Waals surface area contributed by atoms with E-state index in [-0.39, 0.29) is 0 Å². The van der Waals surface area contributed by atoms with Gasteiger partial charge >= 0.3 is 0 Å². The lowest BCUT2D eigenvalue weighted by molar-refractivity contribution is 0.124. The predicted molar refractivity (Wildman–Crippen MR) is 64.2 cm³/mol. The second-order valence-electron chi connectivity index (χ2n) is 5.42. The average molecular weight is 214 g/mol. The number of likely N-dealkylation sites (tertiary alicyclic amines) is 1. The molecule has 3 nitrogen and oxygen atoms in total. The van der Waals surface area contributed by atoms with Crippen LogP contribution in [-0.2, 0) is 4.74 Å². The van der Waals surface area contributed by atoms with Crippen molar-refractivity contribution in [1.82, 2.24) is 10.2 Å². The van der Waals surface area contributed by atoms with E-state index >= 15 is 0 Å². The summed E-state index contributed by atoms with van der Waals surface area (Å²) in [6.07, 6.45) is 2.43. The first kappa shape index (κ1) is 12.9. The van der Waals surface area contributed by atoms with Crippen molar-refractivity contribution in [1.29, 1.82) is 0 Å². The van der Waals surface area contributed by atoms with E-state index in [1.54, 1.807) is 7.11 Å². The Morgan fingerprint density at radius 3 is 2.73 bits per heavy atom. The van der Waals surface area contributed by atoms with Crippen molar-refractivity contribution in [3.05, 3.63) is 0 Å². The standard InChI is InChI=1S/C12H26N2O/c1-12(2,6-8-15-4)10-14-7-5-11(9-14)13-3/h11,13H,5-10H2,1-4H3. The minimum absolute atomic E-state index is 0.374. The number of likely N-dealkylation sites (N-methyl/N-ethyl adjacent to an activating group) is 1. The molecule has 1 rings (SSSR count). The Bertz CT molecular complexity index is 182. The Labute approximate surface area is 94.2 Å². The third-order valence-electron chi connectivity index (χ3n) is 3.32. The van der Waals surface area contributed by atoms with Crippen molar-refractivity contribution in [3.63, 3.8) is 0 Å². The van der Waals surface area contributed by atoms with Crippen LogP contribution in [-0.4, -0.2) is 51.3 Å². The fourth-order valence-corrected chi connectivity index (χ4v) is 2.27. The first-order valence-electron chi connectivity index (χ1n) is 5.96. The highest BCUT2D eigenvalue weighted by Gasteiger charge is 2.27. The summed E-state index contributed by atoms with van der Waals surface area (Å²) in [5, 5.41) is 3.36. The van der Waals surface area contributed by atoms with Crippen molar-refractivity contribution in [3.8, 4) is 0 Å². The van der Waals surface area contributed by atoms with Crippen molar-refractivity contribution < 1.29 is 4.74 Å². The van der Waals surface area contributed by atoms with Crippen molar-refractivity contribution in [2.45, 2.75) is 32.7 Å². The second kappa shape index (κ2) is 5.83. The molecule has 90 valence electrons. The van der Waals surface area contributed by atoms with Gasteiger partial charge in [0.1, 0.15) is 0 Å². The summed E-state index contributed by atoms with van der Waals surface area (Å²) in [4.78, 5) is 2.57. The van der Waals surface area contributed by atoms with Crippen LogP contribution in [0.1, 0.15) is 26.7 Å². The molecule has 0 amide bonds. The van der Waals surface area contributed by atoms with E-state index in [0.717, 1.165) is 13.0 Å². The Morgan fingerprint density at radius 1 is 1.47 bits per heavy atom. The monoisotopic (exact) mass is 214 g/mol. The van der Waals surface area contributed by atoms with Gasteiger partial charge < -0.3 is 15.0 Å². The van der Waals surface area contributed by atoms with E-state index in [9.17, 15) is 0 Å². The molecule has 0 aliphatic carbocycles. The van der Waals surface area contributed by atoms with Crippen LogP contribution in [0, 0.1) is 5.41 Å². The molecule has 0 spiro atoms. The van der Waals surface area contributed by atoms with Crippen molar-refractivity contribution in [2.75, 3.05) is 40.4 Å². The number of hydrogen-bond donors (Lipinski definition) is 1. The number of ether oxygens (including phenoxy) is 1. The van der Waals surface area contributed by atoms with Gasteiger partial charge in [-0.1, -0.05) is 13.8 Å². The highest BCUT2D eigenvalue weighted by molar-refractivity contribution is 4.83. The summed E-state index contributed by atoms with van der Waals surface area (Å²) < 4.78 is 5.15. The van der Waals surface area contributed by atoms with Crippen LogP contribution >= 0.6 is 0 Å². The first-order valence-corrected chi connectivity index (χ1v) is 5.96. The van der Waals surface area contributed by atoms with E-state index in [4.69, 9.17) is 4.74 Å². The number of methoxy groups -OCH3 is 1. The van der Waals surface area contributed by atoms with Gasteiger partial charge in [-0.3, -0.25) is 0 Å². The van der Waals surface area contributed by atoms with Crippen LogP contribution < -0.4 is 5.32 Å². The molecule has 1 aliphatic rings. The van der Waals surface area contributed by atoms with Crippen LogP contribution in [0.15, 0.2) is 0 Å². The van der Waals surface area contributed by atoms with E-state index in [1.165, 1.54) is 26.1 Å². The third-order valence-corrected chi connectivity index (χ3v) is 3.32. The third kappa shape index (κ3) is 4.49. The van der Waals surface area contributed by atoms with Crippen LogP contribution in [0.4, 0.5) is 0 Å². The zero-order valence-electron chi connectivity index (χ0n) is 10.7. The van der Waals surface area contributed by atoms with Crippen molar-refractivity contribution >= 4 is 0 Å². The second-order valence-corrected chi connectivity index (χ2v) is 5.42. The smallest absolute Gasteiger partial charge is 0.0467 e. The molecule has 1 atom stereocenters. The zero-order valence-corrected chi connectivity index (χ0v) is 10.7. The molecular weight excluding hydrogens is 188 g/mol. The molecule has 0 bridgehead atoms. The normalized spacial score (nSPS) is 23.6. The maximum atomic E-state index is 5.15. The number of nitrogens with one attached hydrogen (secondary N) is 1. The lowest BCUT2D eigenvalue weighted by Gasteiger charge is -2.30. The van der Waals surface area contributed by atoms with Gasteiger partial charge in [-0.05, 0) is 31.8 Å². The first-order chi connectivity index (χ1) is 7.07. The van der Waals surface area contributed by atoms with Crippen LogP contribution in [0.2, 0.25) is 0 Å². The van der Waals surface area contributed by atoms with E-state index < -0.39 is 0 Å². The van der Waals surface area contributed by atoms with Gasteiger partial charge in [-0.2, -0.15) is 0 Å². The SMILES string of the molecule is CNC1CCN(CC(C)(C)CCOC)C1. The number of hydrogen-bond acceptors (Lipinski definition) is 3. The lowest BCUT2D eigenvalue weighted by atomic mass is 9.89. The van der Waals surface area contributed by atoms with Gasteiger partial charge in [-0.15, -0.1) is 0 Å². The summed E-state index contributed by atoms with van der Waals surface area (Å²) in [7, 11) is 3.84. The Balaban J connectivity index is 2.28. The fraction of sp³-hybridized carbons (Fsp3) is 1.00. The Kier molecular flexibility index (Phi) is 5.03. The summed E-state index contributed by atoms with van der Waals surface area (Å²) in [6.45, 7) is 9.16. The van der Waals surface area contributed by atoms with Crippen LogP contribution in [0.5, 0.6) is 0 Å². The summed E-state index contributed by atoms with van der Waals surface area (Å²) in [5.41, 5.74) is 0.374. The molecule has 0 aromatic rings. The molecular formula is C12H26N2O. The predicted octanol–water partition coefficient (Wildman–Crippen LogP) is 1.34. The Morgan fingerprint density at radius 2 is 2.20 bits per heavy atom. The number of nitrogens with zero attached hydrogens (tertiary/aromatic N) is 1. The molecule has 3 heteroatoms. The minimum Gasteiger partial charge on any atom is -0.385 e. The zero-order chi connectivity index (χ0) is 11.3. The highest BCUT2D eigenvalue weighted by atomic mass is 16.5. The van der Waals surface area contributed by atoms with Crippen LogP contribution in [0.25, 0.3) is 0 Å². The summed E-state index contributed by atoms with van der Waals surface area (Å²) >= 11 is 0. The largest absolute Gasteiger partial charge is 0.385 e. The topological polar surface area (TPSA) is 24.5 Å². The van der Waals surface area contributed by atoms with E-state index in [1.807, 2.05) is 0 Å². The van der Waals surface area contributed by atoms with Crippen molar-refractivity contribution in [2.24, 2.45) is 5.41 Å². The van der Waals surface area contributed by atoms with Gasteiger partial charge in [0.05, 0.1) is 0 Å². The molecule has 15 heavy (non-hydrogen) atoms. The maximum absolute atomic E-state index is 5.15. The van der Waals surface area contributed by atoms with Gasteiger partial charge in [0.2, 0.25) is 0 Å². The highest BCUT2D eigenvalue weighted by Crippen LogP contribution is 2.24. The van der Waals surface area contributed by atoms with E-state index in [0.29, 0.717) is 11.5 Å². The molecule has 1 unspecified atom stereocenters. The molecule has 1 fully saturated rings. The molecule has 0 saturated carbocycles. The summed E-state index contributed by atoms with van der Waals surface area (Å²) in [6, 6.07) is 0.697. The molecule has 1 aliphatic heterocycles.